The number of halogens is 2. The summed E-state index contributed by atoms with van der Waals surface area (Å²) in [6.45, 7) is 0.675. The third-order valence-electron chi connectivity index (χ3n) is 4.52. The monoisotopic (exact) mass is 386 g/mol. The molecule has 0 saturated carbocycles. The fourth-order valence-corrected chi connectivity index (χ4v) is 4.58. The molecule has 0 spiro atoms. The molecule has 3 aromatic rings. The van der Waals surface area contributed by atoms with Gasteiger partial charge in [0.1, 0.15) is 10.8 Å². The van der Waals surface area contributed by atoms with Gasteiger partial charge in [0, 0.05) is 18.2 Å². The van der Waals surface area contributed by atoms with Crippen LogP contribution in [0.5, 0.6) is 0 Å². The van der Waals surface area contributed by atoms with Crippen molar-refractivity contribution in [3.05, 3.63) is 70.0 Å². The summed E-state index contributed by atoms with van der Waals surface area (Å²) < 4.78 is 15.0. The van der Waals surface area contributed by atoms with Crippen molar-refractivity contribution in [3.63, 3.8) is 0 Å². The van der Waals surface area contributed by atoms with Crippen LogP contribution in [-0.4, -0.2) is 22.3 Å². The maximum atomic E-state index is 13.9. The number of carbonyl (C=O) groups is 1. The molecule has 1 amide bonds. The fraction of sp³-hybridized carbons (Fsp3) is 0.200. The van der Waals surface area contributed by atoms with Crippen LogP contribution in [0.4, 0.5) is 4.39 Å². The predicted octanol–water partition coefficient (Wildman–Crippen LogP) is 5.47. The summed E-state index contributed by atoms with van der Waals surface area (Å²) in [5.74, 6) is -0.586. The van der Waals surface area contributed by atoms with E-state index < -0.39 is 5.82 Å². The minimum absolute atomic E-state index is 0.0272. The average molecular weight is 387 g/mol. The van der Waals surface area contributed by atoms with Crippen molar-refractivity contribution in [1.82, 2.24) is 9.88 Å². The number of nitrogens with zero attached hydrogens (tertiary/aromatic N) is 2. The topological polar surface area (TPSA) is 33.2 Å². The summed E-state index contributed by atoms with van der Waals surface area (Å²) in [5.41, 5.74) is 1.19. The Labute approximate surface area is 159 Å². The van der Waals surface area contributed by atoms with Crippen molar-refractivity contribution in [2.24, 2.45) is 0 Å². The Morgan fingerprint density at radius 1 is 1.27 bits per heavy atom. The molecule has 3 nitrogen and oxygen atoms in total. The van der Waals surface area contributed by atoms with Crippen LogP contribution in [0.1, 0.15) is 29.5 Å². The van der Waals surface area contributed by atoms with E-state index in [0.717, 1.165) is 28.1 Å². The second-order valence-electron chi connectivity index (χ2n) is 6.18. The lowest BCUT2D eigenvalue weighted by atomic mass is 10.2. The largest absolute Gasteiger partial charge is 0.330 e. The molecule has 26 heavy (non-hydrogen) atoms. The van der Waals surface area contributed by atoms with E-state index in [-0.39, 0.29) is 22.5 Å². The van der Waals surface area contributed by atoms with Gasteiger partial charge in [-0.2, -0.15) is 0 Å². The third kappa shape index (κ3) is 3.24. The Hall–Kier alpha value is -2.24. The Morgan fingerprint density at radius 3 is 2.92 bits per heavy atom. The van der Waals surface area contributed by atoms with Gasteiger partial charge in [-0.05, 0) is 43.2 Å². The first-order chi connectivity index (χ1) is 12.6. The highest BCUT2D eigenvalue weighted by Crippen LogP contribution is 2.36. The lowest BCUT2D eigenvalue weighted by molar-refractivity contribution is -0.126. The van der Waals surface area contributed by atoms with Crippen LogP contribution in [0, 0.1) is 5.82 Å². The van der Waals surface area contributed by atoms with E-state index >= 15 is 0 Å². The highest BCUT2D eigenvalue weighted by atomic mass is 35.5. The molecular weight excluding hydrogens is 371 g/mol. The van der Waals surface area contributed by atoms with Crippen LogP contribution in [0.15, 0.2) is 48.5 Å². The number of likely N-dealkylation sites (tertiary alicyclic amines) is 1. The van der Waals surface area contributed by atoms with Crippen molar-refractivity contribution in [1.29, 1.82) is 0 Å². The SMILES string of the molecule is O=C(/C=C/c1c(F)cccc1Cl)N1CCCC1c1nc2ccccc2s1. The van der Waals surface area contributed by atoms with Crippen molar-refractivity contribution < 1.29 is 9.18 Å². The Bertz CT molecular complexity index is 947. The molecule has 6 heteroatoms. The third-order valence-corrected chi connectivity index (χ3v) is 5.99. The number of carbonyl (C=O) groups excluding carboxylic acids is 1. The first kappa shape index (κ1) is 17.2. The number of fused-ring (bicyclic) bond motifs is 1. The Kier molecular flexibility index (Phi) is 4.74. The van der Waals surface area contributed by atoms with Crippen LogP contribution in [0.3, 0.4) is 0 Å². The Morgan fingerprint density at radius 2 is 2.12 bits per heavy atom. The second-order valence-corrected chi connectivity index (χ2v) is 7.65. The number of para-hydroxylation sites is 1. The summed E-state index contributed by atoms with van der Waals surface area (Å²) in [7, 11) is 0. The van der Waals surface area contributed by atoms with Gasteiger partial charge in [-0.15, -0.1) is 11.3 Å². The number of rotatable bonds is 3. The van der Waals surface area contributed by atoms with E-state index in [1.54, 1.807) is 23.5 Å². The molecule has 0 radical (unpaired) electrons. The van der Waals surface area contributed by atoms with E-state index in [1.165, 1.54) is 18.2 Å². The van der Waals surface area contributed by atoms with Crippen molar-refractivity contribution in [2.75, 3.05) is 6.54 Å². The zero-order valence-corrected chi connectivity index (χ0v) is 15.4. The predicted molar refractivity (Wildman–Crippen MR) is 104 cm³/mol. The van der Waals surface area contributed by atoms with Gasteiger partial charge in [-0.1, -0.05) is 29.8 Å². The zero-order valence-electron chi connectivity index (χ0n) is 13.9. The second kappa shape index (κ2) is 7.17. The van der Waals surface area contributed by atoms with E-state index in [9.17, 15) is 9.18 Å². The molecule has 0 bridgehead atoms. The van der Waals surface area contributed by atoms with Gasteiger partial charge in [-0.25, -0.2) is 9.37 Å². The fourth-order valence-electron chi connectivity index (χ4n) is 3.24. The molecule has 1 aliphatic heterocycles. The first-order valence-corrected chi connectivity index (χ1v) is 9.61. The van der Waals surface area contributed by atoms with Crippen molar-refractivity contribution >= 4 is 45.1 Å². The minimum atomic E-state index is -0.439. The molecule has 1 aliphatic rings. The van der Waals surface area contributed by atoms with Gasteiger partial charge in [0.25, 0.3) is 0 Å². The molecule has 132 valence electrons. The number of amides is 1. The van der Waals surface area contributed by atoms with Crippen LogP contribution in [0.25, 0.3) is 16.3 Å². The summed E-state index contributed by atoms with van der Waals surface area (Å²) in [5, 5.41) is 1.24. The molecule has 4 rings (SSSR count). The number of thiazole rings is 1. The molecule has 2 aromatic carbocycles. The van der Waals surface area contributed by atoms with Crippen LogP contribution in [-0.2, 0) is 4.79 Å². The minimum Gasteiger partial charge on any atom is -0.330 e. The van der Waals surface area contributed by atoms with Gasteiger partial charge in [-0.3, -0.25) is 4.79 Å². The van der Waals surface area contributed by atoms with E-state index in [4.69, 9.17) is 16.6 Å². The molecule has 1 fully saturated rings. The van der Waals surface area contributed by atoms with Crippen molar-refractivity contribution in [2.45, 2.75) is 18.9 Å². The van der Waals surface area contributed by atoms with E-state index in [2.05, 4.69) is 0 Å². The van der Waals surface area contributed by atoms with E-state index in [0.29, 0.717) is 6.54 Å². The lowest BCUT2D eigenvalue weighted by Gasteiger charge is -2.21. The first-order valence-electron chi connectivity index (χ1n) is 8.41. The summed E-state index contributed by atoms with van der Waals surface area (Å²) >= 11 is 7.64. The molecular formula is C20H16ClFN2OS. The van der Waals surface area contributed by atoms with Crippen LogP contribution < -0.4 is 0 Å². The molecule has 2 heterocycles. The van der Waals surface area contributed by atoms with E-state index in [1.807, 2.05) is 29.2 Å². The summed E-state index contributed by atoms with van der Waals surface area (Å²) in [4.78, 5) is 19.2. The standard InChI is InChI=1S/C20H16ClFN2OS/c21-14-5-3-6-15(22)13(14)10-11-19(25)24-12-4-8-17(24)20-23-16-7-1-2-9-18(16)26-20/h1-3,5-7,9-11,17H,4,8,12H2/b11-10+. The maximum Gasteiger partial charge on any atom is 0.247 e. The van der Waals surface area contributed by atoms with Gasteiger partial charge in [0.05, 0.1) is 21.3 Å². The Balaban J connectivity index is 1.58. The highest BCUT2D eigenvalue weighted by molar-refractivity contribution is 7.18. The normalized spacial score (nSPS) is 17.5. The quantitative estimate of drug-likeness (QED) is 0.559. The van der Waals surface area contributed by atoms with Gasteiger partial charge >= 0.3 is 0 Å². The molecule has 1 unspecified atom stereocenters. The van der Waals surface area contributed by atoms with Crippen molar-refractivity contribution in [3.8, 4) is 0 Å². The number of hydrogen-bond acceptors (Lipinski definition) is 3. The molecule has 0 aliphatic carbocycles. The van der Waals surface area contributed by atoms with Gasteiger partial charge < -0.3 is 4.90 Å². The zero-order chi connectivity index (χ0) is 18.1. The summed E-state index contributed by atoms with van der Waals surface area (Å²) in [6, 6.07) is 12.4. The van der Waals surface area contributed by atoms with Gasteiger partial charge in [0.2, 0.25) is 5.91 Å². The molecule has 0 N–H and O–H groups in total. The maximum absolute atomic E-state index is 13.9. The van der Waals surface area contributed by atoms with Crippen LogP contribution >= 0.6 is 22.9 Å². The highest BCUT2D eigenvalue weighted by Gasteiger charge is 2.31. The van der Waals surface area contributed by atoms with Gasteiger partial charge in [0.15, 0.2) is 0 Å². The smallest absolute Gasteiger partial charge is 0.247 e. The summed E-state index contributed by atoms with van der Waals surface area (Å²) in [6.07, 6.45) is 4.67. The molecule has 1 aromatic heterocycles. The molecule has 1 saturated heterocycles. The average Bonchev–Trinajstić information content (AvgIpc) is 3.27. The number of aromatic nitrogens is 1. The number of benzene rings is 2. The van der Waals surface area contributed by atoms with Crippen LogP contribution in [0.2, 0.25) is 5.02 Å². The molecule has 1 atom stereocenters. The lowest BCUT2D eigenvalue weighted by Crippen LogP contribution is -2.28. The number of hydrogen-bond donors (Lipinski definition) is 0.